The van der Waals surface area contributed by atoms with Crippen molar-refractivity contribution < 1.29 is 8.78 Å². The summed E-state index contributed by atoms with van der Waals surface area (Å²) in [6.07, 6.45) is 0. The van der Waals surface area contributed by atoms with Crippen LogP contribution < -0.4 is 5.32 Å². The Labute approximate surface area is 121 Å². The fourth-order valence-corrected chi connectivity index (χ4v) is 2.90. The molecule has 0 bridgehead atoms. The molecular formula is C16H26F2N2. The summed E-state index contributed by atoms with van der Waals surface area (Å²) in [6, 6.07) is 3.63. The second-order valence-electron chi connectivity index (χ2n) is 5.48. The van der Waals surface area contributed by atoms with E-state index in [1.54, 1.807) is 6.07 Å². The molecule has 0 amide bonds. The van der Waals surface area contributed by atoms with Crippen molar-refractivity contribution in [2.45, 2.75) is 46.2 Å². The van der Waals surface area contributed by atoms with Gasteiger partial charge in [-0.1, -0.05) is 26.8 Å². The van der Waals surface area contributed by atoms with E-state index in [-0.39, 0.29) is 11.6 Å². The number of hydrogen-bond acceptors (Lipinski definition) is 2. The van der Waals surface area contributed by atoms with Crippen LogP contribution in [0.15, 0.2) is 18.2 Å². The van der Waals surface area contributed by atoms with Crippen molar-refractivity contribution in [1.29, 1.82) is 0 Å². The number of rotatable bonds is 7. The average Bonchev–Trinajstić information content (AvgIpc) is 2.38. The molecule has 0 aliphatic carbocycles. The topological polar surface area (TPSA) is 15.3 Å². The molecule has 0 spiro atoms. The highest BCUT2D eigenvalue weighted by atomic mass is 19.1. The predicted octanol–water partition coefficient (Wildman–Crippen LogP) is 3.74. The van der Waals surface area contributed by atoms with Gasteiger partial charge in [-0.05, 0) is 39.5 Å². The van der Waals surface area contributed by atoms with Crippen LogP contribution in [-0.4, -0.2) is 30.1 Å². The van der Waals surface area contributed by atoms with E-state index in [9.17, 15) is 8.78 Å². The van der Waals surface area contributed by atoms with Crippen LogP contribution in [0.25, 0.3) is 0 Å². The van der Waals surface area contributed by atoms with E-state index in [0.29, 0.717) is 5.56 Å². The van der Waals surface area contributed by atoms with Gasteiger partial charge in [0.15, 0.2) is 0 Å². The van der Waals surface area contributed by atoms with Gasteiger partial charge in [0.1, 0.15) is 11.6 Å². The minimum absolute atomic E-state index is 0.187. The van der Waals surface area contributed by atoms with E-state index < -0.39 is 11.6 Å². The molecule has 0 radical (unpaired) electrons. The first-order valence-corrected chi connectivity index (χ1v) is 7.31. The summed E-state index contributed by atoms with van der Waals surface area (Å²) in [6.45, 7) is 12.9. The molecule has 0 aliphatic heterocycles. The number of benzene rings is 1. The number of likely N-dealkylation sites (N-methyl/N-ethyl adjacent to an activating group) is 2. The van der Waals surface area contributed by atoms with Gasteiger partial charge < -0.3 is 5.32 Å². The normalized spacial score (nSPS) is 13.8. The first kappa shape index (κ1) is 17.1. The van der Waals surface area contributed by atoms with Crippen LogP contribution in [-0.2, 0) is 0 Å². The third-order valence-corrected chi connectivity index (χ3v) is 3.97. The zero-order valence-corrected chi connectivity index (χ0v) is 13.1. The summed E-state index contributed by atoms with van der Waals surface area (Å²) < 4.78 is 27.2. The third kappa shape index (κ3) is 3.55. The molecule has 0 saturated carbocycles. The van der Waals surface area contributed by atoms with Gasteiger partial charge in [0.25, 0.3) is 0 Å². The van der Waals surface area contributed by atoms with Crippen molar-refractivity contribution in [3.63, 3.8) is 0 Å². The number of hydrogen-bond donors (Lipinski definition) is 1. The fraction of sp³-hybridized carbons (Fsp3) is 0.625. The van der Waals surface area contributed by atoms with Crippen molar-refractivity contribution in [2.24, 2.45) is 0 Å². The number of nitrogens with zero attached hydrogens (tertiary/aromatic N) is 1. The standard InChI is InChI=1S/C16H26F2N2/c1-6-19-15(16(4,5)20(7-2)8-3)13-10-9-12(17)11-14(13)18/h9-11,15,19H,6-8H2,1-5H3. The molecule has 114 valence electrons. The molecule has 1 N–H and O–H groups in total. The Balaban J connectivity index is 3.22. The molecule has 1 aromatic carbocycles. The molecule has 1 unspecified atom stereocenters. The number of nitrogens with one attached hydrogen (secondary N) is 1. The predicted molar refractivity (Wildman–Crippen MR) is 79.8 cm³/mol. The van der Waals surface area contributed by atoms with Gasteiger partial charge in [-0.3, -0.25) is 4.90 Å². The van der Waals surface area contributed by atoms with Crippen LogP contribution >= 0.6 is 0 Å². The van der Waals surface area contributed by atoms with Gasteiger partial charge >= 0.3 is 0 Å². The molecule has 2 nitrogen and oxygen atoms in total. The highest BCUT2D eigenvalue weighted by Crippen LogP contribution is 2.32. The second kappa shape index (κ2) is 7.14. The maximum atomic E-state index is 14.1. The first-order valence-electron chi connectivity index (χ1n) is 7.31. The smallest absolute Gasteiger partial charge is 0.130 e. The number of halogens is 2. The van der Waals surface area contributed by atoms with Crippen molar-refractivity contribution in [3.05, 3.63) is 35.4 Å². The highest BCUT2D eigenvalue weighted by molar-refractivity contribution is 5.25. The van der Waals surface area contributed by atoms with Crippen LogP contribution in [0.2, 0.25) is 0 Å². The molecule has 20 heavy (non-hydrogen) atoms. The molecule has 0 aliphatic rings. The Morgan fingerprint density at radius 1 is 1.15 bits per heavy atom. The van der Waals surface area contributed by atoms with Crippen LogP contribution in [0.3, 0.4) is 0 Å². The molecule has 0 heterocycles. The lowest BCUT2D eigenvalue weighted by Crippen LogP contribution is -2.52. The molecule has 4 heteroatoms. The van der Waals surface area contributed by atoms with Crippen molar-refractivity contribution >= 4 is 0 Å². The lowest BCUT2D eigenvalue weighted by molar-refractivity contribution is 0.0903. The van der Waals surface area contributed by atoms with Gasteiger partial charge in [-0.25, -0.2) is 8.78 Å². The lowest BCUT2D eigenvalue weighted by atomic mass is 9.86. The van der Waals surface area contributed by atoms with Crippen molar-refractivity contribution in [2.75, 3.05) is 19.6 Å². The summed E-state index contributed by atoms with van der Waals surface area (Å²) in [5, 5.41) is 3.34. The van der Waals surface area contributed by atoms with E-state index in [4.69, 9.17) is 0 Å². The molecule has 1 rings (SSSR count). The Morgan fingerprint density at radius 3 is 2.20 bits per heavy atom. The Kier molecular flexibility index (Phi) is 6.08. The largest absolute Gasteiger partial charge is 0.309 e. The van der Waals surface area contributed by atoms with Crippen LogP contribution in [0.1, 0.15) is 46.2 Å². The van der Waals surface area contributed by atoms with Gasteiger partial charge in [0.2, 0.25) is 0 Å². The average molecular weight is 284 g/mol. The third-order valence-electron chi connectivity index (χ3n) is 3.97. The summed E-state index contributed by atoms with van der Waals surface area (Å²) in [5.41, 5.74) is 0.253. The molecule has 0 saturated heterocycles. The van der Waals surface area contributed by atoms with Gasteiger partial charge in [-0.15, -0.1) is 0 Å². The molecular weight excluding hydrogens is 258 g/mol. The monoisotopic (exact) mass is 284 g/mol. The van der Waals surface area contributed by atoms with E-state index in [0.717, 1.165) is 25.7 Å². The zero-order chi connectivity index (χ0) is 15.3. The van der Waals surface area contributed by atoms with E-state index >= 15 is 0 Å². The lowest BCUT2D eigenvalue weighted by Gasteiger charge is -2.44. The summed E-state index contributed by atoms with van der Waals surface area (Å²) in [4.78, 5) is 2.28. The van der Waals surface area contributed by atoms with Gasteiger partial charge in [0, 0.05) is 17.2 Å². The maximum absolute atomic E-state index is 14.1. The molecule has 1 atom stereocenters. The van der Waals surface area contributed by atoms with Crippen LogP contribution in [0.4, 0.5) is 8.78 Å². The minimum Gasteiger partial charge on any atom is -0.309 e. The Morgan fingerprint density at radius 2 is 1.75 bits per heavy atom. The summed E-state index contributed by atoms with van der Waals surface area (Å²) >= 11 is 0. The molecule has 0 aromatic heterocycles. The molecule has 0 fully saturated rings. The summed E-state index contributed by atoms with van der Waals surface area (Å²) in [7, 11) is 0. The fourth-order valence-electron chi connectivity index (χ4n) is 2.90. The Hall–Kier alpha value is -1.00. The van der Waals surface area contributed by atoms with E-state index in [2.05, 4.69) is 37.9 Å². The highest BCUT2D eigenvalue weighted by Gasteiger charge is 2.36. The van der Waals surface area contributed by atoms with Gasteiger partial charge in [-0.2, -0.15) is 0 Å². The quantitative estimate of drug-likeness (QED) is 0.820. The first-order chi connectivity index (χ1) is 9.38. The van der Waals surface area contributed by atoms with Crippen LogP contribution in [0.5, 0.6) is 0 Å². The zero-order valence-electron chi connectivity index (χ0n) is 13.1. The second-order valence-corrected chi connectivity index (χ2v) is 5.48. The summed E-state index contributed by atoms with van der Waals surface area (Å²) in [5.74, 6) is -1.03. The molecule has 1 aromatic rings. The van der Waals surface area contributed by atoms with Crippen LogP contribution in [0, 0.1) is 11.6 Å². The van der Waals surface area contributed by atoms with E-state index in [1.165, 1.54) is 6.07 Å². The Bertz CT molecular complexity index is 428. The van der Waals surface area contributed by atoms with Crippen molar-refractivity contribution in [1.82, 2.24) is 10.2 Å². The minimum atomic E-state index is -0.540. The van der Waals surface area contributed by atoms with E-state index in [1.807, 2.05) is 6.92 Å². The van der Waals surface area contributed by atoms with Crippen molar-refractivity contribution in [3.8, 4) is 0 Å². The SMILES string of the molecule is CCNC(c1ccc(F)cc1F)C(C)(C)N(CC)CC. The van der Waals surface area contributed by atoms with Gasteiger partial charge in [0.05, 0.1) is 6.04 Å². The maximum Gasteiger partial charge on any atom is 0.130 e.